The van der Waals surface area contributed by atoms with E-state index in [9.17, 15) is 19.8 Å². The Morgan fingerprint density at radius 1 is 0.929 bits per heavy atom. The van der Waals surface area contributed by atoms with Gasteiger partial charge in [0.25, 0.3) is 5.91 Å². The van der Waals surface area contributed by atoms with Gasteiger partial charge in [0.1, 0.15) is 28.2 Å². The van der Waals surface area contributed by atoms with Crippen LogP contribution in [-0.2, 0) is 9.53 Å². The van der Waals surface area contributed by atoms with E-state index in [2.05, 4.69) is 5.32 Å². The topological polar surface area (TPSA) is 109 Å². The van der Waals surface area contributed by atoms with E-state index in [4.69, 9.17) is 9.15 Å². The van der Waals surface area contributed by atoms with Gasteiger partial charge < -0.3 is 24.7 Å². The van der Waals surface area contributed by atoms with Crippen molar-refractivity contribution in [2.24, 2.45) is 0 Å². The van der Waals surface area contributed by atoms with Gasteiger partial charge in [-0.05, 0) is 36.4 Å². The Hall–Kier alpha value is -4.00. The number of nitrogens with one attached hydrogen (secondary N) is 1. The second-order valence-corrected chi connectivity index (χ2v) is 6.13. The number of carbonyl (C=O) groups is 2. The molecule has 0 atom stereocenters. The Kier molecular flexibility index (Phi) is 4.33. The minimum absolute atomic E-state index is 0.142. The lowest BCUT2D eigenvalue weighted by Gasteiger charge is -2.08. The number of para-hydroxylation sites is 1. The van der Waals surface area contributed by atoms with E-state index in [-0.39, 0.29) is 11.3 Å². The molecule has 0 bridgehead atoms. The number of esters is 1. The number of ether oxygens (including phenoxy) is 1. The summed E-state index contributed by atoms with van der Waals surface area (Å²) in [7, 11) is 0. The lowest BCUT2D eigenvalue weighted by molar-refractivity contribution is -0.119. The van der Waals surface area contributed by atoms with Crippen LogP contribution >= 0.6 is 0 Å². The highest BCUT2D eigenvalue weighted by Crippen LogP contribution is 2.30. The Balaban J connectivity index is 1.44. The summed E-state index contributed by atoms with van der Waals surface area (Å²) in [4.78, 5) is 24.1. The third-order valence-corrected chi connectivity index (χ3v) is 4.20. The summed E-state index contributed by atoms with van der Waals surface area (Å²) < 4.78 is 10.7. The third kappa shape index (κ3) is 3.33. The highest BCUT2D eigenvalue weighted by molar-refractivity contribution is 6.07. The number of amides is 1. The molecule has 3 N–H and O–H groups in total. The standard InChI is InChI=1S/C21H15NO6/c23-13-6-7-15(17(24)10-13)21(26)27-11-20(25)22-12-5-8-19-16(9-12)14-3-1-2-4-18(14)28-19/h1-10,23-24H,11H2,(H,22,25). The van der Waals surface area contributed by atoms with Crippen molar-refractivity contribution in [3.8, 4) is 11.5 Å². The first kappa shape index (κ1) is 17.4. The molecule has 0 fully saturated rings. The van der Waals surface area contributed by atoms with Crippen LogP contribution in [0.25, 0.3) is 21.9 Å². The lowest BCUT2D eigenvalue weighted by Crippen LogP contribution is -2.20. The Morgan fingerprint density at radius 3 is 2.54 bits per heavy atom. The molecule has 3 aromatic carbocycles. The molecule has 140 valence electrons. The van der Waals surface area contributed by atoms with Crippen LogP contribution in [0.4, 0.5) is 5.69 Å². The first-order valence-electron chi connectivity index (χ1n) is 8.41. The molecule has 0 saturated heterocycles. The highest BCUT2D eigenvalue weighted by Gasteiger charge is 2.15. The minimum atomic E-state index is -0.871. The van der Waals surface area contributed by atoms with Gasteiger partial charge >= 0.3 is 5.97 Å². The summed E-state index contributed by atoms with van der Waals surface area (Å²) >= 11 is 0. The smallest absolute Gasteiger partial charge is 0.342 e. The van der Waals surface area contributed by atoms with Crippen molar-refractivity contribution < 1.29 is 29.0 Å². The molecule has 7 nitrogen and oxygen atoms in total. The second kappa shape index (κ2) is 6.96. The number of furan rings is 1. The van der Waals surface area contributed by atoms with Crippen LogP contribution in [0.15, 0.2) is 65.1 Å². The molecule has 1 heterocycles. The number of benzene rings is 3. The fourth-order valence-electron chi connectivity index (χ4n) is 2.90. The molecular formula is C21H15NO6. The highest BCUT2D eigenvalue weighted by atomic mass is 16.5. The number of hydrogen-bond acceptors (Lipinski definition) is 6. The zero-order valence-electron chi connectivity index (χ0n) is 14.5. The predicted octanol–water partition coefficient (Wildman–Crippen LogP) is 3.79. The van der Waals surface area contributed by atoms with E-state index in [1.54, 1.807) is 18.2 Å². The van der Waals surface area contributed by atoms with Crippen molar-refractivity contribution >= 4 is 39.5 Å². The quantitative estimate of drug-likeness (QED) is 0.467. The Labute approximate surface area is 158 Å². The van der Waals surface area contributed by atoms with E-state index in [0.29, 0.717) is 11.3 Å². The first-order chi connectivity index (χ1) is 13.5. The zero-order chi connectivity index (χ0) is 19.7. The number of carbonyl (C=O) groups excluding carboxylic acids is 2. The van der Waals surface area contributed by atoms with Crippen LogP contribution in [0.1, 0.15) is 10.4 Å². The predicted molar refractivity (Wildman–Crippen MR) is 102 cm³/mol. The molecule has 0 spiro atoms. The number of phenols is 2. The molecule has 4 aromatic rings. The monoisotopic (exact) mass is 377 g/mol. The van der Waals surface area contributed by atoms with Crippen LogP contribution in [0.2, 0.25) is 0 Å². The summed E-state index contributed by atoms with van der Waals surface area (Å²) in [6, 6.07) is 16.3. The van der Waals surface area contributed by atoms with Gasteiger partial charge in [0.15, 0.2) is 6.61 Å². The Morgan fingerprint density at radius 2 is 1.71 bits per heavy atom. The normalized spacial score (nSPS) is 10.9. The molecule has 0 unspecified atom stereocenters. The molecule has 0 radical (unpaired) electrons. The maximum Gasteiger partial charge on any atom is 0.342 e. The van der Waals surface area contributed by atoms with Crippen molar-refractivity contribution in [2.75, 3.05) is 11.9 Å². The van der Waals surface area contributed by atoms with E-state index in [1.807, 2.05) is 24.3 Å². The van der Waals surface area contributed by atoms with E-state index < -0.39 is 24.2 Å². The zero-order valence-corrected chi connectivity index (χ0v) is 14.5. The molecule has 1 aromatic heterocycles. The van der Waals surface area contributed by atoms with Crippen LogP contribution in [0.5, 0.6) is 11.5 Å². The fraction of sp³-hybridized carbons (Fsp3) is 0.0476. The number of anilines is 1. The average molecular weight is 377 g/mol. The minimum Gasteiger partial charge on any atom is -0.508 e. The maximum atomic E-state index is 12.1. The molecule has 0 saturated carbocycles. The van der Waals surface area contributed by atoms with Crippen molar-refractivity contribution in [3.05, 3.63) is 66.2 Å². The summed E-state index contributed by atoms with van der Waals surface area (Å²) in [5, 5.41) is 23.4. The molecule has 0 aliphatic heterocycles. The summed E-state index contributed by atoms with van der Waals surface area (Å²) in [5.74, 6) is -2.01. The van der Waals surface area contributed by atoms with Crippen LogP contribution in [0, 0.1) is 0 Å². The van der Waals surface area contributed by atoms with Gasteiger partial charge in [-0.2, -0.15) is 0 Å². The molecular weight excluding hydrogens is 362 g/mol. The molecule has 4 rings (SSSR count). The molecule has 0 aliphatic carbocycles. The van der Waals surface area contributed by atoms with Crippen LogP contribution in [0.3, 0.4) is 0 Å². The van der Waals surface area contributed by atoms with E-state index >= 15 is 0 Å². The number of hydrogen-bond donors (Lipinski definition) is 3. The van der Waals surface area contributed by atoms with Gasteiger partial charge in [-0.15, -0.1) is 0 Å². The van der Waals surface area contributed by atoms with Gasteiger partial charge in [-0.1, -0.05) is 18.2 Å². The van der Waals surface area contributed by atoms with Crippen molar-refractivity contribution in [1.29, 1.82) is 0 Å². The van der Waals surface area contributed by atoms with Crippen molar-refractivity contribution in [1.82, 2.24) is 0 Å². The van der Waals surface area contributed by atoms with Crippen LogP contribution in [-0.4, -0.2) is 28.7 Å². The second-order valence-electron chi connectivity index (χ2n) is 6.13. The number of fused-ring (bicyclic) bond motifs is 3. The third-order valence-electron chi connectivity index (χ3n) is 4.20. The van der Waals surface area contributed by atoms with Gasteiger partial charge in [0.2, 0.25) is 0 Å². The summed E-state index contributed by atoms with van der Waals surface area (Å²) in [6.45, 7) is -0.524. The SMILES string of the molecule is O=C(COC(=O)c1ccc(O)cc1O)Nc1ccc2oc3ccccc3c2c1. The molecule has 28 heavy (non-hydrogen) atoms. The largest absolute Gasteiger partial charge is 0.508 e. The van der Waals surface area contributed by atoms with Crippen molar-refractivity contribution in [2.45, 2.75) is 0 Å². The first-order valence-corrected chi connectivity index (χ1v) is 8.41. The number of rotatable bonds is 4. The van der Waals surface area contributed by atoms with Gasteiger partial charge in [-0.3, -0.25) is 4.79 Å². The Bertz CT molecular complexity index is 1210. The van der Waals surface area contributed by atoms with E-state index in [1.165, 1.54) is 12.1 Å². The summed E-state index contributed by atoms with van der Waals surface area (Å²) in [5.41, 5.74) is 1.85. The van der Waals surface area contributed by atoms with Crippen molar-refractivity contribution in [3.63, 3.8) is 0 Å². The summed E-state index contributed by atoms with van der Waals surface area (Å²) in [6.07, 6.45) is 0. The van der Waals surface area contributed by atoms with Gasteiger partial charge in [0, 0.05) is 22.5 Å². The van der Waals surface area contributed by atoms with E-state index in [0.717, 1.165) is 22.4 Å². The van der Waals surface area contributed by atoms with Gasteiger partial charge in [-0.25, -0.2) is 4.79 Å². The average Bonchev–Trinajstić information content (AvgIpc) is 3.04. The van der Waals surface area contributed by atoms with Crippen LogP contribution < -0.4 is 5.32 Å². The maximum absolute atomic E-state index is 12.1. The number of aromatic hydroxyl groups is 2. The van der Waals surface area contributed by atoms with Gasteiger partial charge in [0.05, 0.1) is 0 Å². The molecule has 0 aliphatic rings. The number of phenolic OH excluding ortho intramolecular Hbond substituents is 2. The fourth-order valence-corrected chi connectivity index (χ4v) is 2.90. The molecule has 1 amide bonds. The molecule has 7 heteroatoms. The lowest BCUT2D eigenvalue weighted by atomic mass is 10.1.